The van der Waals surface area contributed by atoms with Crippen molar-refractivity contribution in [1.29, 1.82) is 5.26 Å². The lowest BCUT2D eigenvalue weighted by Crippen LogP contribution is -2.45. The summed E-state index contributed by atoms with van der Waals surface area (Å²) in [6.45, 7) is 6.68. The van der Waals surface area contributed by atoms with E-state index in [1.54, 1.807) is 0 Å². The molecule has 1 aliphatic rings. The summed E-state index contributed by atoms with van der Waals surface area (Å²) in [6.07, 6.45) is 0.180. The molecule has 5 heteroatoms. The number of benzene rings is 1. The number of halogens is 1. The summed E-state index contributed by atoms with van der Waals surface area (Å²) in [6, 6.07) is 7.81. The van der Waals surface area contributed by atoms with Crippen molar-refractivity contribution < 1.29 is 4.74 Å². The number of hydrogen-bond donors (Lipinski definition) is 1. The minimum atomic E-state index is 0.180. The van der Waals surface area contributed by atoms with E-state index >= 15 is 0 Å². The lowest BCUT2D eigenvalue weighted by Gasteiger charge is -2.32. The Balaban J connectivity index is 1.95. The van der Waals surface area contributed by atoms with Gasteiger partial charge in [0.15, 0.2) is 0 Å². The Hall–Kier alpha value is -1.09. The van der Waals surface area contributed by atoms with Gasteiger partial charge in [-0.05, 0) is 24.7 Å². The molecule has 0 spiro atoms. The lowest BCUT2D eigenvalue weighted by atomic mass is 10.2. The van der Waals surface area contributed by atoms with Gasteiger partial charge in [0.1, 0.15) is 6.07 Å². The van der Waals surface area contributed by atoms with Crippen molar-refractivity contribution in [3.8, 4) is 6.07 Å². The molecule has 0 amide bonds. The van der Waals surface area contributed by atoms with E-state index in [0.717, 1.165) is 42.9 Å². The van der Waals surface area contributed by atoms with Crippen molar-refractivity contribution in [2.24, 2.45) is 0 Å². The Morgan fingerprint density at radius 1 is 1.58 bits per heavy atom. The van der Waals surface area contributed by atoms with Crippen LogP contribution in [0.3, 0.4) is 0 Å². The van der Waals surface area contributed by atoms with Gasteiger partial charge in [-0.2, -0.15) is 5.26 Å². The smallest absolute Gasteiger partial charge is 0.101 e. The SMILES string of the molecule is CCN1CCOC(CNc2cc(Br)ccc2C#N)C1. The average molecular weight is 324 g/mol. The number of ether oxygens (including phenoxy) is 1. The van der Waals surface area contributed by atoms with Crippen LogP contribution in [-0.2, 0) is 4.74 Å². The van der Waals surface area contributed by atoms with Gasteiger partial charge in [0.05, 0.1) is 24.0 Å². The molecule has 0 aliphatic carbocycles. The topological polar surface area (TPSA) is 48.3 Å². The predicted octanol–water partition coefficient (Wildman–Crippen LogP) is 2.45. The van der Waals surface area contributed by atoms with Crippen LogP contribution in [0.25, 0.3) is 0 Å². The maximum absolute atomic E-state index is 9.08. The summed E-state index contributed by atoms with van der Waals surface area (Å²) in [5, 5.41) is 12.4. The maximum Gasteiger partial charge on any atom is 0.101 e. The van der Waals surface area contributed by atoms with Crippen LogP contribution in [0.2, 0.25) is 0 Å². The van der Waals surface area contributed by atoms with E-state index in [0.29, 0.717) is 5.56 Å². The summed E-state index contributed by atoms with van der Waals surface area (Å²) in [5.74, 6) is 0. The molecule has 4 nitrogen and oxygen atoms in total. The number of hydrogen-bond acceptors (Lipinski definition) is 4. The van der Waals surface area contributed by atoms with E-state index in [1.165, 1.54) is 0 Å². The zero-order valence-corrected chi connectivity index (χ0v) is 12.6. The molecule has 19 heavy (non-hydrogen) atoms. The Kier molecular flexibility index (Phi) is 5.20. The average Bonchev–Trinajstić information content (AvgIpc) is 2.45. The fourth-order valence-electron chi connectivity index (χ4n) is 2.18. The second-order valence-electron chi connectivity index (χ2n) is 4.57. The Morgan fingerprint density at radius 3 is 3.16 bits per heavy atom. The largest absolute Gasteiger partial charge is 0.381 e. The lowest BCUT2D eigenvalue weighted by molar-refractivity contribution is -0.0191. The molecule has 1 aromatic rings. The highest BCUT2D eigenvalue weighted by atomic mass is 79.9. The number of nitrogens with one attached hydrogen (secondary N) is 1. The molecule has 0 aromatic heterocycles. The third kappa shape index (κ3) is 3.93. The fraction of sp³-hybridized carbons (Fsp3) is 0.500. The molecule has 102 valence electrons. The number of nitrogens with zero attached hydrogens (tertiary/aromatic N) is 2. The predicted molar refractivity (Wildman–Crippen MR) is 79.2 cm³/mol. The van der Waals surface area contributed by atoms with Gasteiger partial charge >= 0.3 is 0 Å². The monoisotopic (exact) mass is 323 g/mol. The zero-order chi connectivity index (χ0) is 13.7. The number of morpholine rings is 1. The fourth-order valence-corrected chi connectivity index (χ4v) is 2.54. The van der Waals surface area contributed by atoms with Gasteiger partial charge in [0, 0.05) is 24.1 Å². The molecule has 1 aliphatic heterocycles. The third-order valence-corrected chi connectivity index (χ3v) is 3.79. The Bertz CT molecular complexity index is 472. The first kappa shape index (κ1) is 14.3. The second-order valence-corrected chi connectivity index (χ2v) is 5.48. The summed E-state index contributed by atoms with van der Waals surface area (Å²) >= 11 is 3.42. The van der Waals surface area contributed by atoms with E-state index in [9.17, 15) is 0 Å². The van der Waals surface area contributed by atoms with E-state index in [4.69, 9.17) is 10.00 Å². The van der Waals surface area contributed by atoms with Crippen LogP contribution in [-0.4, -0.2) is 43.8 Å². The van der Waals surface area contributed by atoms with E-state index in [2.05, 4.69) is 39.1 Å². The number of nitriles is 1. The molecule has 1 heterocycles. The molecule has 1 atom stereocenters. The van der Waals surface area contributed by atoms with Crippen molar-refractivity contribution in [2.75, 3.05) is 38.1 Å². The van der Waals surface area contributed by atoms with Crippen LogP contribution in [0.15, 0.2) is 22.7 Å². The number of anilines is 1. The minimum absolute atomic E-state index is 0.180. The first-order valence-corrected chi connectivity index (χ1v) is 7.29. The summed E-state index contributed by atoms with van der Waals surface area (Å²) in [7, 11) is 0. The van der Waals surface area contributed by atoms with Crippen molar-refractivity contribution in [1.82, 2.24) is 4.90 Å². The molecule has 1 unspecified atom stereocenters. The van der Waals surface area contributed by atoms with Gasteiger partial charge in [0.2, 0.25) is 0 Å². The second kappa shape index (κ2) is 6.90. The van der Waals surface area contributed by atoms with Gasteiger partial charge in [0.25, 0.3) is 0 Å². The highest BCUT2D eigenvalue weighted by molar-refractivity contribution is 9.10. The van der Waals surface area contributed by atoms with Gasteiger partial charge in [-0.1, -0.05) is 22.9 Å². The van der Waals surface area contributed by atoms with Crippen molar-refractivity contribution in [3.05, 3.63) is 28.2 Å². The highest BCUT2D eigenvalue weighted by Gasteiger charge is 2.19. The summed E-state index contributed by atoms with van der Waals surface area (Å²) in [4.78, 5) is 2.38. The van der Waals surface area contributed by atoms with Gasteiger partial charge in [-0.3, -0.25) is 4.90 Å². The van der Waals surface area contributed by atoms with E-state index in [1.807, 2.05) is 18.2 Å². The standard InChI is InChI=1S/C14H18BrN3O/c1-2-18-5-6-19-13(10-18)9-17-14-7-12(15)4-3-11(14)8-16/h3-4,7,13,17H,2,5-6,9-10H2,1H3. The first-order valence-electron chi connectivity index (χ1n) is 6.50. The maximum atomic E-state index is 9.08. The highest BCUT2D eigenvalue weighted by Crippen LogP contribution is 2.21. The molecule has 1 aromatic carbocycles. The van der Waals surface area contributed by atoms with Crippen molar-refractivity contribution in [2.45, 2.75) is 13.0 Å². The van der Waals surface area contributed by atoms with Crippen LogP contribution in [0, 0.1) is 11.3 Å². The minimum Gasteiger partial charge on any atom is -0.381 e. The molecule has 0 bridgehead atoms. The molecule has 0 saturated carbocycles. The number of likely N-dealkylation sites (N-methyl/N-ethyl adjacent to an activating group) is 1. The van der Waals surface area contributed by atoms with Gasteiger partial charge < -0.3 is 10.1 Å². The normalized spacial score (nSPS) is 19.9. The molecule has 1 fully saturated rings. The quantitative estimate of drug-likeness (QED) is 0.924. The van der Waals surface area contributed by atoms with Crippen molar-refractivity contribution >= 4 is 21.6 Å². The third-order valence-electron chi connectivity index (χ3n) is 3.29. The van der Waals surface area contributed by atoms with Crippen LogP contribution >= 0.6 is 15.9 Å². The van der Waals surface area contributed by atoms with Gasteiger partial charge in [-0.15, -0.1) is 0 Å². The van der Waals surface area contributed by atoms with Crippen molar-refractivity contribution in [3.63, 3.8) is 0 Å². The van der Waals surface area contributed by atoms with Gasteiger partial charge in [-0.25, -0.2) is 0 Å². The van der Waals surface area contributed by atoms with Crippen LogP contribution in [0.1, 0.15) is 12.5 Å². The summed E-state index contributed by atoms with van der Waals surface area (Å²) < 4.78 is 6.70. The first-order chi connectivity index (χ1) is 9.22. The Labute approximate surface area is 122 Å². The summed E-state index contributed by atoms with van der Waals surface area (Å²) in [5.41, 5.74) is 1.51. The molecular formula is C14H18BrN3O. The van der Waals surface area contributed by atoms with Crippen LogP contribution in [0.5, 0.6) is 0 Å². The van der Waals surface area contributed by atoms with E-state index < -0.39 is 0 Å². The molecule has 0 radical (unpaired) electrons. The van der Waals surface area contributed by atoms with Crippen LogP contribution < -0.4 is 5.32 Å². The molecular weight excluding hydrogens is 306 g/mol. The Morgan fingerprint density at radius 2 is 2.42 bits per heavy atom. The molecule has 2 rings (SSSR count). The number of rotatable bonds is 4. The van der Waals surface area contributed by atoms with E-state index in [-0.39, 0.29) is 6.10 Å². The van der Waals surface area contributed by atoms with Crippen LogP contribution in [0.4, 0.5) is 5.69 Å². The molecule has 1 saturated heterocycles. The zero-order valence-electron chi connectivity index (χ0n) is 11.0. The molecule has 1 N–H and O–H groups in total.